The third-order valence-corrected chi connectivity index (χ3v) is 4.79. The molecule has 0 aliphatic carbocycles. The molecule has 18 heavy (non-hydrogen) atoms. The van der Waals surface area contributed by atoms with Gasteiger partial charge in [-0.3, -0.25) is 4.79 Å². The molecule has 1 atom stereocenters. The van der Waals surface area contributed by atoms with E-state index >= 15 is 0 Å². The van der Waals surface area contributed by atoms with Gasteiger partial charge in [0.15, 0.2) is 10.6 Å². The van der Waals surface area contributed by atoms with Gasteiger partial charge >= 0.3 is 0 Å². The molecule has 0 bridgehead atoms. The van der Waals surface area contributed by atoms with Crippen LogP contribution in [0.1, 0.15) is 10.4 Å². The minimum absolute atomic E-state index is 0.0273. The molecule has 88 valence electrons. The molecule has 0 saturated carbocycles. The summed E-state index contributed by atoms with van der Waals surface area (Å²) in [5.74, 6) is 0.0876. The topological polar surface area (TPSA) is 55.9 Å². The van der Waals surface area contributed by atoms with Crippen molar-refractivity contribution in [2.45, 2.75) is 4.90 Å². The number of Topliss-reactive ketones (excluding diaryl/α,β-unsaturated/α-hetero) is 1. The number of ketones is 1. The summed E-state index contributed by atoms with van der Waals surface area (Å²) in [7, 11) is 0. The third kappa shape index (κ3) is 1.16. The molecule has 1 aliphatic rings. The molecule has 0 spiro atoms. The van der Waals surface area contributed by atoms with E-state index in [0.717, 1.165) is 21.8 Å². The predicted molar refractivity (Wildman–Crippen MR) is 71.4 cm³/mol. The lowest BCUT2D eigenvalue weighted by Gasteiger charge is -2.01. The SMILES string of the molecule is O=C1C[S+]([O-])c2ccc3c([nH]c4ccccc43)c21. The average molecular weight is 255 g/mol. The largest absolute Gasteiger partial charge is 0.611 e. The summed E-state index contributed by atoms with van der Waals surface area (Å²) in [4.78, 5) is 15.9. The van der Waals surface area contributed by atoms with Gasteiger partial charge < -0.3 is 9.54 Å². The van der Waals surface area contributed by atoms with Crippen LogP contribution in [0.25, 0.3) is 21.8 Å². The van der Waals surface area contributed by atoms with Crippen LogP contribution in [-0.4, -0.2) is 21.1 Å². The highest BCUT2D eigenvalue weighted by atomic mass is 32.2. The fourth-order valence-corrected chi connectivity index (χ4v) is 3.84. The van der Waals surface area contributed by atoms with Crippen molar-refractivity contribution in [1.82, 2.24) is 4.98 Å². The first kappa shape index (κ1) is 10.2. The number of aromatic amines is 1. The molecule has 1 N–H and O–H groups in total. The van der Waals surface area contributed by atoms with Gasteiger partial charge in [0.1, 0.15) is 5.56 Å². The smallest absolute Gasteiger partial charge is 0.219 e. The summed E-state index contributed by atoms with van der Waals surface area (Å²) in [6.07, 6.45) is 0. The van der Waals surface area contributed by atoms with Crippen molar-refractivity contribution in [3.05, 3.63) is 42.0 Å². The van der Waals surface area contributed by atoms with Crippen LogP contribution in [0, 0.1) is 0 Å². The van der Waals surface area contributed by atoms with Crippen LogP contribution in [0.4, 0.5) is 0 Å². The van der Waals surface area contributed by atoms with Gasteiger partial charge in [-0.2, -0.15) is 0 Å². The predicted octanol–water partition coefficient (Wildman–Crippen LogP) is 2.63. The monoisotopic (exact) mass is 255 g/mol. The van der Waals surface area contributed by atoms with E-state index in [2.05, 4.69) is 4.98 Å². The second-order valence-electron chi connectivity index (χ2n) is 4.44. The lowest BCUT2D eigenvalue weighted by atomic mass is 10.1. The van der Waals surface area contributed by atoms with Crippen molar-refractivity contribution in [2.24, 2.45) is 0 Å². The van der Waals surface area contributed by atoms with Gasteiger partial charge in [0.2, 0.25) is 5.78 Å². The van der Waals surface area contributed by atoms with E-state index in [1.807, 2.05) is 36.4 Å². The maximum atomic E-state index is 12.0. The number of carbonyl (C=O) groups excluding carboxylic acids is 1. The van der Waals surface area contributed by atoms with Gasteiger partial charge in [-0.1, -0.05) is 18.2 Å². The minimum Gasteiger partial charge on any atom is -0.611 e. The Kier molecular flexibility index (Phi) is 1.90. The van der Waals surface area contributed by atoms with E-state index in [-0.39, 0.29) is 11.5 Å². The summed E-state index contributed by atoms with van der Waals surface area (Å²) in [6, 6.07) is 11.7. The summed E-state index contributed by atoms with van der Waals surface area (Å²) in [5.41, 5.74) is 2.44. The highest BCUT2D eigenvalue weighted by Crippen LogP contribution is 2.35. The maximum absolute atomic E-state index is 12.0. The van der Waals surface area contributed by atoms with Crippen molar-refractivity contribution in [2.75, 3.05) is 5.75 Å². The van der Waals surface area contributed by atoms with Crippen LogP contribution in [0.3, 0.4) is 0 Å². The molecule has 0 saturated heterocycles. The highest BCUT2D eigenvalue weighted by Gasteiger charge is 2.34. The Morgan fingerprint density at radius 2 is 1.94 bits per heavy atom. The lowest BCUT2D eigenvalue weighted by molar-refractivity contribution is 0.102. The maximum Gasteiger partial charge on any atom is 0.219 e. The number of para-hydroxylation sites is 1. The molecular weight excluding hydrogens is 246 g/mol. The molecule has 0 amide bonds. The van der Waals surface area contributed by atoms with Crippen LogP contribution < -0.4 is 0 Å². The molecule has 3 aromatic rings. The Labute approximate surface area is 106 Å². The molecule has 4 rings (SSSR count). The van der Waals surface area contributed by atoms with E-state index in [1.54, 1.807) is 0 Å². The van der Waals surface area contributed by atoms with Crippen LogP contribution >= 0.6 is 0 Å². The van der Waals surface area contributed by atoms with E-state index in [4.69, 9.17) is 0 Å². The van der Waals surface area contributed by atoms with E-state index in [9.17, 15) is 9.35 Å². The number of benzene rings is 2. The Balaban J connectivity index is 2.22. The number of hydrogen-bond acceptors (Lipinski definition) is 2. The standard InChI is InChI=1S/C14H9NO2S/c16-11-7-18(17)12-6-5-9-8-3-1-2-4-10(8)15-14(9)13(11)12/h1-6,15H,7H2. The fourth-order valence-electron chi connectivity index (χ4n) is 2.64. The molecule has 2 heterocycles. The van der Waals surface area contributed by atoms with Crippen LogP contribution in [0.15, 0.2) is 41.3 Å². The number of carbonyl (C=O) groups is 1. The van der Waals surface area contributed by atoms with Gasteiger partial charge in [0.05, 0.1) is 5.52 Å². The molecule has 2 aromatic carbocycles. The number of H-pyrrole nitrogens is 1. The Morgan fingerprint density at radius 1 is 1.11 bits per heavy atom. The quantitative estimate of drug-likeness (QED) is 0.628. The van der Waals surface area contributed by atoms with Crippen LogP contribution in [-0.2, 0) is 11.2 Å². The Hall–Kier alpha value is -1.78. The van der Waals surface area contributed by atoms with E-state index in [1.165, 1.54) is 0 Å². The summed E-state index contributed by atoms with van der Waals surface area (Å²) < 4.78 is 11.8. The fraction of sp³-hybridized carbons (Fsp3) is 0.0714. The molecule has 0 radical (unpaired) electrons. The van der Waals surface area contributed by atoms with Gasteiger partial charge in [-0.25, -0.2) is 0 Å². The zero-order valence-electron chi connectivity index (χ0n) is 9.40. The van der Waals surface area contributed by atoms with E-state index < -0.39 is 11.2 Å². The van der Waals surface area contributed by atoms with Crippen molar-refractivity contribution < 1.29 is 9.35 Å². The minimum atomic E-state index is -1.18. The zero-order chi connectivity index (χ0) is 12.3. The highest BCUT2D eigenvalue weighted by molar-refractivity contribution is 7.92. The molecule has 3 nitrogen and oxygen atoms in total. The zero-order valence-corrected chi connectivity index (χ0v) is 10.2. The first-order valence-electron chi connectivity index (χ1n) is 5.71. The normalized spacial score (nSPS) is 18.7. The number of hydrogen-bond donors (Lipinski definition) is 1. The third-order valence-electron chi connectivity index (χ3n) is 3.43. The van der Waals surface area contributed by atoms with Gasteiger partial charge in [0, 0.05) is 16.3 Å². The summed E-state index contributed by atoms with van der Waals surface area (Å²) in [6.45, 7) is 0. The number of fused-ring (bicyclic) bond motifs is 5. The molecular formula is C14H9NO2S. The molecule has 4 heteroatoms. The molecule has 1 aliphatic heterocycles. The Bertz CT molecular complexity index is 806. The average Bonchev–Trinajstić information content (AvgIpc) is 2.88. The molecule has 1 aromatic heterocycles. The first-order chi connectivity index (χ1) is 8.75. The van der Waals surface area contributed by atoms with Gasteiger partial charge in [-0.15, -0.1) is 0 Å². The lowest BCUT2D eigenvalue weighted by Crippen LogP contribution is -2.03. The number of aromatic nitrogens is 1. The Morgan fingerprint density at radius 3 is 2.83 bits per heavy atom. The van der Waals surface area contributed by atoms with Crippen molar-refractivity contribution in [3.8, 4) is 0 Å². The molecule has 1 unspecified atom stereocenters. The number of nitrogens with one attached hydrogen (secondary N) is 1. The second-order valence-corrected chi connectivity index (χ2v) is 5.86. The first-order valence-corrected chi connectivity index (χ1v) is 7.02. The summed E-state index contributed by atoms with van der Waals surface area (Å²) in [5, 5.41) is 2.12. The summed E-state index contributed by atoms with van der Waals surface area (Å²) >= 11 is -1.18. The van der Waals surface area contributed by atoms with Crippen molar-refractivity contribution >= 4 is 38.8 Å². The van der Waals surface area contributed by atoms with Gasteiger partial charge in [0.25, 0.3) is 0 Å². The van der Waals surface area contributed by atoms with Gasteiger partial charge in [-0.05, 0) is 29.4 Å². The van der Waals surface area contributed by atoms with Crippen LogP contribution in [0.2, 0.25) is 0 Å². The van der Waals surface area contributed by atoms with Crippen molar-refractivity contribution in [1.29, 1.82) is 0 Å². The number of rotatable bonds is 0. The van der Waals surface area contributed by atoms with E-state index in [0.29, 0.717) is 10.5 Å². The molecule has 0 fully saturated rings. The van der Waals surface area contributed by atoms with Crippen LogP contribution in [0.5, 0.6) is 0 Å². The second kappa shape index (κ2) is 3.37. The van der Waals surface area contributed by atoms with Crippen molar-refractivity contribution in [3.63, 3.8) is 0 Å².